The summed E-state index contributed by atoms with van der Waals surface area (Å²) in [6.07, 6.45) is 2.30. The molecule has 1 atom stereocenters. The average Bonchev–Trinajstić information content (AvgIpc) is 2.35. The van der Waals surface area contributed by atoms with Gasteiger partial charge in [0.05, 0.1) is 0 Å². The van der Waals surface area contributed by atoms with Crippen molar-refractivity contribution >= 4 is 22.8 Å². The van der Waals surface area contributed by atoms with Crippen LogP contribution in [0.4, 0.5) is 0 Å². The number of aliphatic imine (C=N–C) groups is 1. The number of likely N-dealkylation sites (N-methyl/N-ethyl adjacent to an activating group) is 1. The maximum Gasteiger partial charge on any atom is 0.244 e. The smallest absolute Gasteiger partial charge is 0.244 e. The molecule has 1 heterocycles. The molecule has 1 rings (SSSR count). The molecule has 1 amide bonds. The van der Waals surface area contributed by atoms with Gasteiger partial charge in [-0.25, -0.2) is 0 Å². The lowest BCUT2D eigenvalue weighted by Crippen LogP contribution is -2.38. The first kappa shape index (κ1) is 13.4. The third-order valence-electron chi connectivity index (χ3n) is 2.78. The van der Waals surface area contributed by atoms with Crippen molar-refractivity contribution < 1.29 is 4.79 Å². The molecule has 1 aliphatic heterocycles. The van der Waals surface area contributed by atoms with E-state index in [1.165, 1.54) is 6.42 Å². The van der Waals surface area contributed by atoms with Gasteiger partial charge in [0.15, 0.2) is 5.17 Å². The van der Waals surface area contributed by atoms with Crippen molar-refractivity contribution in [1.82, 2.24) is 10.2 Å². The predicted molar refractivity (Wildman–Crippen MR) is 69.9 cm³/mol. The summed E-state index contributed by atoms with van der Waals surface area (Å²) in [5.41, 5.74) is 0. The molecule has 16 heavy (non-hydrogen) atoms. The van der Waals surface area contributed by atoms with Gasteiger partial charge in [-0.1, -0.05) is 18.7 Å². The Hall–Kier alpha value is -0.710. The third-order valence-corrected chi connectivity index (χ3v) is 3.74. The number of hydrogen-bond donors (Lipinski definition) is 1. The van der Waals surface area contributed by atoms with Gasteiger partial charge in [-0.3, -0.25) is 9.79 Å². The van der Waals surface area contributed by atoms with Gasteiger partial charge in [0.2, 0.25) is 5.91 Å². The Morgan fingerprint density at radius 2 is 2.38 bits per heavy atom. The summed E-state index contributed by atoms with van der Waals surface area (Å²) in [6, 6.07) is 0.527. The maximum absolute atomic E-state index is 11.5. The van der Waals surface area contributed by atoms with Crippen LogP contribution < -0.4 is 5.32 Å². The molecule has 1 aliphatic rings. The third kappa shape index (κ3) is 4.04. The van der Waals surface area contributed by atoms with Gasteiger partial charge in [-0.05, 0) is 19.8 Å². The van der Waals surface area contributed by atoms with E-state index < -0.39 is 0 Å². The highest BCUT2D eigenvalue weighted by Crippen LogP contribution is 2.15. The van der Waals surface area contributed by atoms with E-state index in [9.17, 15) is 4.79 Å². The van der Waals surface area contributed by atoms with Gasteiger partial charge in [0, 0.05) is 25.4 Å². The fourth-order valence-corrected chi connectivity index (χ4v) is 2.42. The molecule has 0 radical (unpaired) electrons. The zero-order chi connectivity index (χ0) is 12.0. The molecule has 5 heteroatoms. The number of nitrogens with zero attached hydrogens (tertiary/aromatic N) is 2. The van der Waals surface area contributed by atoms with Crippen molar-refractivity contribution in [2.75, 3.05) is 25.9 Å². The minimum absolute atomic E-state index is 0.0796. The van der Waals surface area contributed by atoms with Crippen molar-refractivity contribution in [3.8, 4) is 0 Å². The second-order valence-electron chi connectivity index (χ2n) is 3.92. The first-order valence-electron chi connectivity index (χ1n) is 5.85. The molecule has 0 aromatic rings. The highest BCUT2D eigenvalue weighted by atomic mass is 32.2. The molecule has 0 spiro atoms. The monoisotopic (exact) mass is 243 g/mol. The van der Waals surface area contributed by atoms with Crippen LogP contribution in [0.5, 0.6) is 0 Å². The van der Waals surface area contributed by atoms with Crippen molar-refractivity contribution in [3.63, 3.8) is 0 Å². The van der Waals surface area contributed by atoms with E-state index in [4.69, 9.17) is 0 Å². The number of amides is 1. The lowest BCUT2D eigenvalue weighted by molar-refractivity contribution is -0.128. The Labute approximate surface area is 102 Å². The zero-order valence-corrected chi connectivity index (χ0v) is 11.1. The average molecular weight is 243 g/mol. The molecule has 0 bridgehead atoms. The van der Waals surface area contributed by atoms with Crippen LogP contribution in [-0.4, -0.2) is 47.9 Å². The number of rotatable bonds is 4. The summed E-state index contributed by atoms with van der Waals surface area (Å²) in [7, 11) is 1.80. The molecule has 0 aromatic heterocycles. The number of carbonyl (C=O) groups excluding carboxylic acids is 1. The van der Waals surface area contributed by atoms with Gasteiger partial charge in [-0.2, -0.15) is 0 Å². The number of hydrogen-bond acceptors (Lipinski definition) is 3. The van der Waals surface area contributed by atoms with Crippen molar-refractivity contribution in [1.29, 1.82) is 0 Å². The van der Waals surface area contributed by atoms with Crippen LogP contribution in [0.3, 0.4) is 0 Å². The minimum Gasteiger partial charge on any atom is -0.362 e. The molecule has 1 fully saturated rings. The predicted octanol–water partition coefficient (Wildman–Crippen LogP) is 1.33. The molecule has 0 saturated carbocycles. The van der Waals surface area contributed by atoms with Crippen molar-refractivity contribution in [2.45, 2.75) is 32.7 Å². The molecule has 0 aliphatic carbocycles. The molecule has 0 aromatic carbocycles. The van der Waals surface area contributed by atoms with Crippen LogP contribution in [0.2, 0.25) is 0 Å². The summed E-state index contributed by atoms with van der Waals surface area (Å²) in [5, 5.41) is 4.28. The second kappa shape index (κ2) is 6.78. The SMILES string of the molecule is CCC1CCSC(=NCC(=O)N(C)CC)N1. The van der Waals surface area contributed by atoms with E-state index in [1.807, 2.05) is 6.92 Å². The summed E-state index contributed by atoms with van der Waals surface area (Å²) >= 11 is 1.71. The van der Waals surface area contributed by atoms with Crippen LogP contribution in [0.25, 0.3) is 0 Å². The molecule has 4 nitrogen and oxygen atoms in total. The van der Waals surface area contributed by atoms with Crippen molar-refractivity contribution in [2.24, 2.45) is 4.99 Å². The highest BCUT2D eigenvalue weighted by molar-refractivity contribution is 8.13. The summed E-state index contributed by atoms with van der Waals surface area (Å²) in [6.45, 7) is 5.13. The van der Waals surface area contributed by atoms with Crippen LogP contribution in [0.1, 0.15) is 26.7 Å². The number of nitrogens with one attached hydrogen (secondary N) is 1. The standard InChI is InChI=1S/C11H21N3OS/c1-4-9-6-7-16-11(13-9)12-8-10(15)14(3)5-2/h9H,4-8H2,1-3H3,(H,12,13). The fourth-order valence-electron chi connectivity index (χ4n) is 1.42. The van der Waals surface area contributed by atoms with Gasteiger partial charge in [0.1, 0.15) is 6.54 Å². The van der Waals surface area contributed by atoms with E-state index in [2.05, 4.69) is 17.2 Å². The molecular weight excluding hydrogens is 222 g/mol. The normalized spacial score (nSPS) is 22.9. The van der Waals surface area contributed by atoms with Crippen molar-refractivity contribution in [3.05, 3.63) is 0 Å². The molecule has 1 unspecified atom stereocenters. The number of amidine groups is 1. The fraction of sp³-hybridized carbons (Fsp3) is 0.818. The van der Waals surface area contributed by atoms with E-state index in [0.717, 1.165) is 23.9 Å². The van der Waals surface area contributed by atoms with Crippen LogP contribution >= 0.6 is 11.8 Å². The van der Waals surface area contributed by atoms with Crippen LogP contribution in [-0.2, 0) is 4.79 Å². The minimum atomic E-state index is 0.0796. The lowest BCUT2D eigenvalue weighted by atomic mass is 10.2. The molecule has 1 saturated heterocycles. The van der Waals surface area contributed by atoms with Crippen LogP contribution in [0.15, 0.2) is 4.99 Å². The highest BCUT2D eigenvalue weighted by Gasteiger charge is 2.16. The summed E-state index contributed by atoms with van der Waals surface area (Å²) in [4.78, 5) is 17.6. The second-order valence-corrected chi connectivity index (χ2v) is 5.00. The molecule has 92 valence electrons. The Bertz CT molecular complexity index is 268. The quantitative estimate of drug-likeness (QED) is 0.810. The van der Waals surface area contributed by atoms with Gasteiger partial charge in [0.25, 0.3) is 0 Å². The lowest BCUT2D eigenvalue weighted by Gasteiger charge is -2.24. The van der Waals surface area contributed by atoms with Gasteiger partial charge >= 0.3 is 0 Å². The Morgan fingerprint density at radius 3 is 3.00 bits per heavy atom. The number of thioether (sulfide) groups is 1. The zero-order valence-electron chi connectivity index (χ0n) is 10.3. The largest absolute Gasteiger partial charge is 0.362 e. The van der Waals surface area contributed by atoms with E-state index >= 15 is 0 Å². The maximum atomic E-state index is 11.5. The topological polar surface area (TPSA) is 44.7 Å². The van der Waals surface area contributed by atoms with Gasteiger partial charge in [-0.15, -0.1) is 0 Å². The first-order chi connectivity index (χ1) is 7.67. The Kier molecular flexibility index (Phi) is 5.66. The summed E-state index contributed by atoms with van der Waals surface area (Å²) < 4.78 is 0. The molecule has 1 N–H and O–H groups in total. The first-order valence-corrected chi connectivity index (χ1v) is 6.83. The van der Waals surface area contributed by atoms with E-state index in [0.29, 0.717) is 6.04 Å². The van der Waals surface area contributed by atoms with Gasteiger partial charge < -0.3 is 10.2 Å². The van der Waals surface area contributed by atoms with E-state index in [1.54, 1.807) is 23.7 Å². The molecular formula is C11H21N3OS. The summed E-state index contributed by atoms with van der Waals surface area (Å²) in [5.74, 6) is 1.18. The van der Waals surface area contributed by atoms with E-state index in [-0.39, 0.29) is 12.5 Å². The van der Waals surface area contributed by atoms with Crippen LogP contribution in [0, 0.1) is 0 Å². The Balaban J connectivity index is 2.41. The number of carbonyl (C=O) groups is 1. The Morgan fingerprint density at radius 1 is 1.62 bits per heavy atom.